The maximum Gasteiger partial charge on any atom is 0.251 e. The van der Waals surface area contributed by atoms with E-state index in [0.29, 0.717) is 24.9 Å². The van der Waals surface area contributed by atoms with Crippen LogP contribution < -0.4 is 10.6 Å². The topological polar surface area (TPSA) is 111 Å². The molecule has 130 valence electrons. The average Bonchev–Trinajstić information content (AvgIpc) is 3.14. The Hall–Kier alpha value is -3.14. The van der Waals surface area contributed by atoms with Crippen molar-refractivity contribution in [2.24, 2.45) is 5.92 Å². The highest BCUT2D eigenvalue weighted by Crippen LogP contribution is 2.16. The molecule has 7 nitrogen and oxygen atoms in total. The monoisotopic (exact) mass is 339 g/mol. The van der Waals surface area contributed by atoms with E-state index in [1.165, 1.54) is 0 Å². The van der Waals surface area contributed by atoms with E-state index in [1.807, 2.05) is 25.1 Å². The number of nitrogens with one attached hydrogen (secondary N) is 3. The van der Waals surface area contributed by atoms with E-state index in [4.69, 9.17) is 5.26 Å². The highest BCUT2D eigenvalue weighted by Gasteiger charge is 2.10. The van der Waals surface area contributed by atoms with Crippen LogP contribution in [0.3, 0.4) is 0 Å². The van der Waals surface area contributed by atoms with Crippen LogP contribution in [0.25, 0.3) is 11.3 Å². The van der Waals surface area contributed by atoms with Crippen molar-refractivity contribution < 1.29 is 9.59 Å². The fourth-order valence-electron chi connectivity index (χ4n) is 2.37. The molecule has 0 aliphatic carbocycles. The summed E-state index contributed by atoms with van der Waals surface area (Å²) in [6.07, 6.45) is 4.44. The van der Waals surface area contributed by atoms with E-state index in [9.17, 15) is 9.59 Å². The number of carbonyl (C=O) groups excluding carboxylic acids is 2. The van der Waals surface area contributed by atoms with Gasteiger partial charge in [-0.25, -0.2) is 4.98 Å². The van der Waals surface area contributed by atoms with Crippen molar-refractivity contribution in [3.63, 3.8) is 0 Å². The van der Waals surface area contributed by atoms with Gasteiger partial charge in [0.25, 0.3) is 5.91 Å². The predicted octanol–water partition coefficient (Wildman–Crippen LogP) is 1.86. The van der Waals surface area contributed by atoms with Crippen molar-refractivity contribution in [2.75, 3.05) is 13.1 Å². The van der Waals surface area contributed by atoms with Gasteiger partial charge < -0.3 is 15.6 Å². The molecular weight excluding hydrogens is 318 g/mol. The Labute approximate surface area is 146 Å². The van der Waals surface area contributed by atoms with Crippen LogP contribution in [0.4, 0.5) is 0 Å². The first-order chi connectivity index (χ1) is 12.1. The maximum atomic E-state index is 12.1. The normalized spacial score (nSPS) is 11.4. The number of benzene rings is 1. The zero-order valence-electron chi connectivity index (χ0n) is 14.1. The summed E-state index contributed by atoms with van der Waals surface area (Å²) >= 11 is 0. The average molecular weight is 339 g/mol. The Morgan fingerprint density at radius 3 is 2.68 bits per heavy atom. The molecule has 0 aliphatic heterocycles. The minimum atomic E-state index is -0.144. The van der Waals surface area contributed by atoms with E-state index >= 15 is 0 Å². The molecule has 25 heavy (non-hydrogen) atoms. The molecule has 1 unspecified atom stereocenters. The van der Waals surface area contributed by atoms with Crippen molar-refractivity contribution in [2.45, 2.75) is 19.8 Å². The third kappa shape index (κ3) is 5.77. The van der Waals surface area contributed by atoms with Crippen LogP contribution in [0.5, 0.6) is 0 Å². The number of hydrogen-bond donors (Lipinski definition) is 3. The first-order valence-electron chi connectivity index (χ1n) is 8.11. The molecule has 2 rings (SSSR count). The van der Waals surface area contributed by atoms with E-state index in [0.717, 1.165) is 11.3 Å². The van der Waals surface area contributed by atoms with Gasteiger partial charge in [-0.05, 0) is 24.5 Å². The Bertz CT molecular complexity index is 732. The fourth-order valence-corrected chi connectivity index (χ4v) is 2.37. The van der Waals surface area contributed by atoms with Gasteiger partial charge in [0, 0.05) is 30.3 Å². The first kappa shape index (κ1) is 18.2. The summed E-state index contributed by atoms with van der Waals surface area (Å²) in [5.41, 5.74) is 2.35. The second kappa shape index (κ2) is 9.23. The Morgan fingerprint density at radius 1 is 1.28 bits per heavy atom. The van der Waals surface area contributed by atoms with Crippen LogP contribution >= 0.6 is 0 Å². The number of aromatic nitrogens is 2. The molecule has 1 aromatic heterocycles. The minimum absolute atomic E-state index is 0.0244. The number of rotatable bonds is 8. The highest BCUT2D eigenvalue weighted by atomic mass is 16.2. The van der Waals surface area contributed by atoms with Crippen molar-refractivity contribution in [3.05, 3.63) is 42.4 Å². The molecule has 2 amide bonds. The second-order valence-electron chi connectivity index (χ2n) is 5.82. The van der Waals surface area contributed by atoms with Crippen molar-refractivity contribution in [1.82, 2.24) is 20.6 Å². The summed E-state index contributed by atoms with van der Waals surface area (Å²) in [6.45, 7) is 2.46. The molecule has 3 N–H and O–H groups in total. The lowest BCUT2D eigenvalue weighted by molar-refractivity contribution is -0.121. The van der Waals surface area contributed by atoms with Crippen LogP contribution in [0.1, 0.15) is 30.1 Å². The van der Waals surface area contributed by atoms with E-state index in [-0.39, 0.29) is 24.3 Å². The van der Waals surface area contributed by atoms with Crippen LogP contribution in [-0.2, 0) is 4.79 Å². The number of amides is 2. The van der Waals surface area contributed by atoms with Crippen molar-refractivity contribution in [1.29, 1.82) is 5.26 Å². The van der Waals surface area contributed by atoms with Gasteiger partial charge >= 0.3 is 0 Å². The third-order valence-corrected chi connectivity index (χ3v) is 3.76. The Morgan fingerprint density at radius 2 is 2.04 bits per heavy atom. The van der Waals surface area contributed by atoms with Crippen LogP contribution in [0.15, 0.2) is 36.8 Å². The van der Waals surface area contributed by atoms with Gasteiger partial charge in [0.15, 0.2) is 0 Å². The van der Waals surface area contributed by atoms with Crippen LogP contribution in [0, 0.1) is 17.2 Å². The molecule has 7 heteroatoms. The standard InChI is InChI=1S/C18H21N5O2/c1-13(10-17(24)21-9-7-19)6-8-22-18(25)15-4-2-14(3-5-15)16-11-20-12-23-16/h2-5,11-13H,6,8-10H2,1H3,(H,20,23)(H,21,24)(H,22,25). The van der Waals surface area contributed by atoms with Gasteiger partial charge in [-0.3, -0.25) is 9.59 Å². The van der Waals surface area contributed by atoms with Gasteiger partial charge in [-0.1, -0.05) is 19.1 Å². The number of nitrogens with zero attached hydrogens (tertiary/aromatic N) is 2. The van der Waals surface area contributed by atoms with Crippen molar-refractivity contribution >= 4 is 11.8 Å². The first-order valence-corrected chi connectivity index (χ1v) is 8.11. The molecule has 0 fully saturated rings. The number of hydrogen-bond acceptors (Lipinski definition) is 4. The summed E-state index contributed by atoms with van der Waals surface area (Å²) in [4.78, 5) is 30.7. The molecule has 0 radical (unpaired) electrons. The van der Waals surface area contributed by atoms with Crippen molar-refractivity contribution in [3.8, 4) is 17.3 Å². The van der Waals surface area contributed by atoms with Gasteiger partial charge in [0.05, 0.1) is 18.1 Å². The van der Waals surface area contributed by atoms with Gasteiger partial charge in [0.2, 0.25) is 5.91 Å². The maximum absolute atomic E-state index is 12.1. The molecule has 2 aromatic rings. The zero-order chi connectivity index (χ0) is 18.1. The van der Waals surface area contributed by atoms with E-state index < -0.39 is 0 Å². The Kier molecular flexibility index (Phi) is 6.72. The fraction of sp³-hybridized carbons (Fsp3) is 0.333. The molecule has 0 saturated heterocycles. The number of H-pyrrole nitrogens is 1. The van der Waals surface area contributed by atoms with Gasteiger partial charge in [0.1, 0.15) is 6.54 Å². The van der Waals surface area contributed by atoms with Gasteiger partial charge in [-0.2, -0.15) is 5.26 Å². The number of aromatic amines is 1. The lowest BCUT2D eigenvalue weighted by atomic mass is 10.0. The lowest BCUT2D eigenvalue weighted by Gasteiger charge is -2.11. The summed E-state index contributed by atoms with van der Waals surface area (Å²) in [7, 11) is 0. The number of imidazole rings is 1. The molecular formula is C18H21N5O2. The van der Waals surface area contributed by atoms with E-state index in [2.05, 4.69) is 20.6 Å². The summed E-state index contributed by atoms with van der Waals surface area (Å²) in [6, 6.07) is 9.10. The highest BCUT2D eigenvalue weighted by molar-refractivity contribution is 5.94. The third-order valence-electron chi connectivity index (χ3n) is 3.76. The second-order valence-corrected chi connectivity index (χ2v) is 5.82. The van der Waals surface area contributed by atoms with Gasteiger partial charge in [-0.15, -0.1) is 0 Å². The predicted molar refractivity (Wildman–Crippen MR) is 93.4 cm³/mol. The molecule has 0 bridgehead atoms. The summed E-state index contributed by atoms with van der Waals surface area (Å²) in [5.74, 6) is -0.162. The lowest BCUT2D eigenvalue weighted by Crippen LogP contribution is -2.28. The largest absolute Gasteiger partial charge is 0.352 e. The molecule has 0 spiro atoms. The quantitative estimate of drug-likeness (QED) is 0.637. The van der Waals surface area contributed by atoms with Crippen LogP contribution in [-0.4, -0.2) is 34.9 Å². The number of nitriles is 1. The summed E-state index contributed by atoms with van der Waals surface area (Å²) < 4.78 is 0. The van der Waals surface area contributed by atoms with Crippen LogP contribution in [0.2, 0.25) is 0 Å². The zero-order valence-corrected chi connectivity index (χ0v) is 14.1. The SMILES string of the molecule is CC(CCNC(=O)c1ccc(-c2c[nH]cn2)cc1)CC(=O)NCC#N. The molecule has 1 atom stereocenters. The molecule has 1 heterocycles. The van der Waals surface area contributed by atoms with E-state index in [1.54, 1.807) is 24.7 Å². The number of carbonyl (C=O) groups is 2. The molecule has 1 aromatic carbocycles. The molecule has 0 aliphatic rings. The summed E-state index contributed by atoms with van der Waals surface area (Å²) in [5, 5.41) is 13.8. The minimum Gasteiger partial charge on any atom is -0.352 e. The Balaban J connectivity index is 1.75. The molecule has 0 saturated carbocycles. The smallest absolute Gasteiger partial charge is 0.251 e.